The molecule has 25 heavy (non-hydrogen) atoms. The van der Waals surface area contributed by atoms with Gasteiger partial charge in [0, 0.05) is 12.8 Å². The Kier molecular flexibility index (Phi) is 6.06. The van der Waals surface area contributed by atoms with E-state index >= 15 is 0 Å². The van der Waals surface area contributed by atoms with Gasteiger partial charge in [0.25, 0.3) is 5.91 Å². The Morgan fingerprint density at radius 2 is 2.00 bits per heavy atom. The van der Waals surface area contributed by atoms with Crippen molar-refractivity contribution in [2.24, 2.45) is 5.92 Å². The molecule has 0 saturated heterocycles. The lowest BCUT2D eigenvalue weighted by Crippen LogP contribution is -2.44. The van der Waals surface area contributed by atoms with E-state index in [1.54, 1.807) is 32.2 Å². The van der Waals surface area contributed by atoms with E-state index in [9.17, 15) is 9.59 Å². The molecule has 2 rings (SSSR count). The lowest BCUT2D eigenvalue weighted by Gasteiger charge is -2.27. The molecule has 6 nitrogen and oxygen atoms in total. The summed E-state index contributed by atoms with van der Waals surface area (Å²) in [6.07, 6.45) is 2.74. The van der Waals surface area contributed by atoms with Gasteiger partial charge in [-0.05, 0) is 57.2 Å². The largest absolute Gasteiger partial charge is 0.490 e. The highest BCUT2D eigenvalue weighted by Gasteiger charge is 2.47. The molecule has 1 aromatic rings. The van der Waals surface area contributed by atoms with Crippen molar-refractivity contribution >= 4 is 17.6 Å². The third-order valence-electron chi connectivity index (χ3n) is 4.78. The maximum atomic E-state index is 12.6. The number of ether oxygens (including phenoxy) is 3. The highest BCUT2D eigenvalue weighted by molar-refractivity contribution is 5.99. The normalized spacial score (nSPS) is 17.3. The minimum atomic E-state index is -0.864. The molecule has 2 unspecified atom stereocenters. The van der Waals surface area contributed by atoms with Gasteiger partial charge in [-0.25, -0.2) is 4.79 Å². The molecule has 0 bridgehead atoms. The lowest BCUT2D eigenvalue weighted by atomic mass is 9.99. The van der Waals surface area contributed by atoms with Crippen LogP contribution in [0.5, 0.6) is 5.75 Å². The van der Waals surface area contributed by atoms with Crippen LogP contribution in [0, 0.1) is 5.92 Å². The Hall–Kier alpha value is -2.08. The number of methoxy groups -OCH3 is 2. The monoisotopic (exact) mass is 349 g/mol. The van der Waals surface area contributed by atoms with Crippen molar-refractivity contribution in [3.63, 3.8) is 0 Å². The number of amides is 1. The van der Waals surface area contributed by atoms with Gasteiger partial charge in [-0.3, -0.25) is 4.79 Å². The minimum absolute atomic E-state index is 0.0319. The number of carbonyl (C=O) groups is 2. The molecule has 1 aliphatic rings. The summed E-state index contributed by atoms with van der Waals surface area (Å²) in [6.45, 7) is 5.72. The first-order valence-corrected chi connectivity index (χ1v) is 8.61. The van der Waals surface area contributed by atoms with E-state index < -0.39 is 11.6 Å². The molecule has 138 valence electrons. The smallest absolute Gasteiger partial charge is 0.341 e. The molecule has 1 N–H and O–H groups in total. The zero-order valence-corrected chi connectivity index (χ0v) is 15.5. The molecule has 0 heterocycles. The quantitative estimate of drug-likeness (QED) is 0.728. The average Bonchev–Trinajstić information content (AvgIpc) is 3.46. The van der Waals surface area contributed by atoms with Crippen LogP contribution in [0.25, 0.3) is 0 Å². The Morgan fingerprint density at radius 3 is 2.52 bits per heavy atom. The van der Waals surface area contributed by atoms with Crippen molar-refractivity contribution in [1.82, 2.24) is 0 Å². The first-order valence-electron chi connectivity index (χ1n) is 8.61. The van der Waals surface area contributed by atoms with E-state index in [4.69, 9.17) is 14.2 Å². The fraction of sp³-hybridized carbons (Fsp3) is 0.579. The van der Waals surface area contributed by atoms with Crippen molar-refractivity contribution in [3.8, 4) is 5.75 Å². The number of hydrogen-bond acceptors (Lipinski definition) is 5. The van der Waals surface area contributed by atoms with Crippen LogP contribution in [0.3, 0.4) is 0 Å². The van der Waals surface area contributed by atoms with Gasteiger partial charge in [0.15, 0.2) is 0 Å². The predicted octanol–water partition coefficient (Wildman–Crippen LogP) is 3.40. The minimum Gasteiger partial charge on any atom is -0.490 e. The van der Waals surface area contributed by atoms with E-state index in [1.807, 2.05) is 13.8 Å². The molecule has 6 heteroatoms. The van der Waals surface area contributed by atoms with E-state index in [2.05, 4.69) is 5.32 Å². The van der Waals surface area contributed by atoms with Crippen LogP contribution in [-0.4, -0.2) is 37.8 Å². The number of carbonyl (C=O) groups excluding carboxylic acids is 2. The molecule has 0 aliphatic heterocycles. The average molecular weight is 349 g/mol. The van der Waals surface area contributed by atoms with Crippen LogP contribution >= 0.6 is 0 Å². The van der Waals surface area contributed by atoms with Crippen LogP contribution in [0.1, 0.15) is 50.4 Å². The Labute approximate surface area is 148 Å². The van der Waals surface area contributed by atoms with Crippen LogP contribution in [-0.2, 0) is 14.3 Å². The number of nitrogens with one attached hydrogen (secondary N) is 1. The molecule has 2 atom stereocenters. The van der Waals surface area contributed by atoms with Crippen molar-refractivity contribution in [1.29, 1.82) is 0 Å². The summed E-state index contributed by atoms with van der Waals surface area (Å²) in [4.78, 5) is 24.7. The van der Waals surface area contributed by atoms with E-state index in [-0.39, 0.29) is 23.5 Å². The number of hydrogen-bond donors (Lipinski definition) is 1. The zero-order valence-electron chi connectivity index (χ0n) is 15.5. The first kappa shape index (κ1) is 19.2. The van der Waals surface area contributed by atoms with Crippen molar-refractivity contribution in [2.45, 2.75) is 51.7 Å². The van der Waals surface area contributed by atoms with E-state index in [1.165, 1.54) is 7.11 Å². The van der Waals surface area contributed by atoms with Gasteiger partial charge in [0.05, 0.1) is 13.2 Å². The van der Waals surface area contributed by atoms with Crippen LogP contribution in [0.2, 0.25) is 0 Å². The van der Waals surface area contributed by atoms with Gasteiger partial charge in [0.2, 0.25) is 0 Å². The van der Waals surface area contributed by atoms with Gasteiger partial charge >= 0.3 is 5.97 Å². The Balaban J connectivity index is 2.24. The summed E-state index contributed by atoms with van der Waals surface area (Å²) >= 11 is 0. The highest BCUT2D eigenvalue weighted by Crippen LogP contribution is 2.42. The molecular formula is C19H27NO5. The molecule has 1 fully saturated rings. The maximum absolute atomic E-state index is 12.6. The molecule has 0 radical (unpaired) electrons. The molecule has 0 spiro atoms. The maximum Gasteiger partial charge on any atom is 0.341 e. The summed E-state index contributed by atoms with van der Waals surface area (Å²) in [5.41, 5.74) is -0.0749. The molecular weight excluding hydrogens is 322 g/mol. The fourth-order valence-electron chi connectivity index (χ4n) is 2.61. The van der Waals surface area contributed by atoms with E-state index in [0.29, 0.717) is 11.4 Å². The predicted molar refractivity (Wildman–Crippen MR) is 94.9 cm³/mol. The second-order valence-electron chi connectivity index (χ2n) is 6.58. The topological polar surface area (TPSA) is 73.9 Å². The first-order chi connectivity index (χ1) is 11.8. The van der Waals surface area contributed by atoms with E-state index in [0.717, 1.165) is 19.3 Å². The molecule has 1 aromatic carbocycles. The molecule has 0 aromatic heterocycles. The second kappa shape index (κ2) is 7.87. The summed E-state index contributed by atoms with van der Waals surface area (Å²) in [5.74, 6) is -0.0588. The van der Waals surface area contributed by atoms with Gasteiger partial charge in [-0.2, -0.15) is 0 Å². The molecule has 1 saturated carbocycles. The van der Waals surface area contributed by atoms with Gasteiger partial charge in [-0.1, -0.05) is 6.92 Å². The van der Waals surface area contributed by atoms with Crippen LogP contribution in [0.4, 0.5) is 5.69 Å². The highest BCUT2D eigenvalue weighted by atomic mass is 16.5. The van der Waals surface area contributed by atoms with Crippen LogP contribution < -0.4 is 10.1 Å². The summed E-state index contributed by atoms with van der Waals surface area (Å²) in [6, 6.07) is 4.96. The molecule has 1 amide bonds. The summed E-state index contributed by atoms with van der Waals surface area (Å²) < 4.78 is 16.1. The number of anilines is 1. The molecule has 1 aliphatic carbocycles. The van der Waals surface area contributed by atoms with Gasteiger partial charge < -0.3 is 19.5 Å². The van der Waals surface area contributed by atoms with Crippen molar-refractivity contribution in [3.05, 3.63) is 23.8 Å². The second-order valence-corrected chi connectivity index (χ2v) is 6.58. The number of rotatable bonds is 8. The lowest BCUT2D eigenvalue weighted by molar-refractivity contribution is -0.138. The third kappa shape index (κ3) is 4.31. The number of esters is 1. The van der Waals surface area contributed by atoms with Crippen LogP contribution in [0.15, 0.2) is 18.2 Å². The third-order valence-corrected chi connectivity index (χ3v) is 4.78. The SMILES string of the molecule is CCC(C)Oc1ccc(NC(=O)C(C)(OC)C2CC2)cc1C(=O)OC. The Morgan fingerprint density at radius 1 is 1.32 bits per heavy atom. The zero-order chi connectivity index (χ0) is 18.6. The summed E-state index contributed by atoms with van der Waals surface area (Å²) in [7, 11) is 2.86. The fourth-order valence-corrected chi connectivity index (χ4v) is 2.61. The van der Waals surface area contributed by atoms with Gasteiger partial charge in [-0.15, -0.1) is 0 Å². The van der Waals surface area contributed by atoms with Crippen molar-refractivity contribution in [2.75, 3.05) is 19.5 Å². The van der Waals surface area contributed by atoms with Crippen molar-refractivity contribution < 1.29 is 23.8 Å². The van der Waals surface area contributed by atoms with Gasteiger partial charge in [0.1, 0.15) is 16.9 Å². The Bertz CT molecular complexity index is 641. The standard InChI is InChI=1S/C19H27NO5/c1-6-12(2)25-16-10-9-14(11-15(16)17(21)23-4)20-18(22)19(3,24-5)13-7-8-13/h9-13H,6-8H2,1-5H3,(H,20,22). The number of benzene rings is 1. The summed E-state index contributed by atoms with van der Waals surface area (Å²) in [5, 5.41) is 2.84.